The van der Waals surface area contributed by atoms with Crippen molar-refractivity contribution in [3.8, 4) is 0 Å². The second-order valence-electron chi connectivity index (χ2n) is 3.77. The summed E-state index contributed by atoms with van der Waals surface area (Å²) < 4.78 is 4.93. The lowest BCUT2D eigenvalue weighted by atomic mass is 9.87. The van der Waals surface area contributed by atoms with E-state index in [-0.39, 0.29) is 5.97 Å². The third-order valence-electron chi connectivity index (χ3n) is 2.56. The normalized spacial score (nSPS) is 18.5. The van der Waals surface area contributed by atoms with Gasteiger partial charge in [-0.2, -0.15) is 0 Å². The van der Waals surface area contributed by atoms with E-state index in [2.05, 4.69) is 0 Å². The van der Waals surface area contributed by atoms with Crippen LogP contribution < -0.4 is 0 Å². The molecule has 1 aliphatic rings. The van der Waals surface area contributed by atoms with E-state index in [0.29, 0.717) is 12.3 Å². The molecule has 1 saturated carbocycles. The largest absolute Gasteiger partial charge is 0.458 e. The van der Waals surface area contributed by atoms with E-state index >= 15 is 0 Å². The monoisotopic (exact) mass is 183 g/mol. The number of ether oxygens (including phenoxy) is 1. The van der Waals surface area contributed by atoms with E-state index in [0.717, 1.165) is 6.42 Å². The number of esters is 1. The first-order valence-electron chi connectivity index (χ1n) is 5.34. The molecule has 13 heavy (non-hydrogen) atoms. The molecule has 0 unspecified atom stereocenters. The van der Waals surface area contributed by atoms with Crippen molar-refractivity contribution in [3.05, 3.63) is 6.61 Å². The van der Waals surface area contributed by atoms with Crippen molar-refractivity contribution in [1.82, 2.24) is 0 Å². The van der Waals surface area contributed by atoms with Gasteiger partial charge in [0.05, 0.1) is 0 Å². The first-order chi connectivity index (χ1) is 6.33. The Morgan fingerprint density at radius 1 is 1.38 bits per heavy atom. The van der Waals surface area contributed by atoms with Crippen molar-refractivity contribution < 1.29 is 9.53 Å². The second-order valence-corrected chi connectivity index (χ2v) is 3.77. The van der Waals surface area contributed by atoms with E-state index in [4.69, 9.17) is 4.74 Å². The van der Waals surface area contributed by atoms with E-state index < -0.39 is 0 Å². The Bertz CT molecular complexity index is 148. The molecule has 0 amide bonds. The Labute approximate surface area is 80.7 Å². The number of rotatable bonds is 4. The molecule has 2 heteroatoms. The van der Waals surface area contributed by atoms with Gasteiger partial charge in [0.25, 0.3) is 0 Å². The summed E-state index contributed by atoms with van der Waals surface area (Å²) >= 11 is 0. The highest BCUT2D eigenvalue weighted by molar-refractivity contribution is 5.70. The van der Waals surface area contributed by atoms with Crippen LogP contribution in [-0.4, -0.2) is 5.97 Å². The van der Waals surface area contributed by atoms with Crippen molar-refractivity contribution in [1.29, 1.82) is 0 Å². The van der Waals surface area contributed by atoms with E-state index in [1.54, 1.807) is 6.61 Å². The minimum atomic E-state index is -0.0475. The molecule has 75 valence electrons. The third-order valence-corrected chi connectivity index (χ3v) is 2.56. The summed E-state index contributed by atoms with van der Waals surface area (Å²) in [6, 6.07) is 0. The van der Waals surface area contributed by atoms with Gasteiger partial charge in [-0.15, -0.1) is 0 Å². The maximum atomic E-state index is 11.2. The van der Waals surface area contributed by atoms with Gasteiger partial charge in [0, 0.05) is 6.42 Å². The number of carbonyl (C=O) groups excluding carboxylic acids is 1. The zero-order chi connectivity index (χ0) is 9.52. The van der Waals surface area contributed by atoms with Crippen LogP contribution in [0.3, 0.4) is 0 Å². The molecular weight excluding hydrogens is 164 g/mol. The molecule has 2 nitrogen and oxygen atoms in total. The fourth-order valence-electron chi connectivity index (χ4n) is 1.85. The van der Waals surface area contributed by atoms with Crippen LogP contribution in [0, 0.1) is 12.5 Å². The van der Waals surface area contributed by atoms with Gasteiger partial charge in [0.15, 0.2) is 0 Å². The highest BCUT2D eigenvalue weighted by Gasteiger charge is 2.17. The molecule has 0 bridgehead atoms. The zero-order valence-corrected chi connectivity index (χ0v) is 8.42. The average molecular weight is 183 g/mol. The molecule has 0 aliphatic heterocycles. The van der Waals surface area contributed by atoms with Crippen molar-refractivity contribution in [2.45, 2.75) is 51.9 Å². The molecule has 0 aromatic rings. The van der Waals surface area contributed by atoms with Gasteiger partial charge in [-0.3, -0.25) is 4.79 Å². The van der Waals surface area contributed by atoms with Gasteiger partial charge in [0.1, 0.15) is 6.61 Å². The summed E-state index contributed by atoms with van der Waals surface area (Å²) in [5, 5.41) is 0. The Morgan fingerprint density at radius 2 is 2.08 bits per heavy atom. The standard InChI is InChI=1S/C11H19O2/c1-2-8-13-11(12)9-10-6-4-3-5-7-10/h8,10H,2-7,9H2,1H3. The molecule has 1 aliphatic carbocycles. The number of hydrogen-bond donors (Lipinski definition) is 0. The fraction of sp³-hybridized carbons (Fsp3) is 0.818. The maximum Gasteiger partial charge on any atom is 0.306 e. The van der Waals surface area contributed by atoms with Crippen molar-refractivity contribution in [3.63, 3.8) is 0 Å². The van der Waals surface area contributed by atoms with Crippen LogP contribution in [0.2, 0.25) is 0 Å². The molecule has 0 heterocycles. The van der Waals surface area contributed by atoms with Crippen molar-refractivity contribution in [2.24, 2.45) is 5.92 Å². The predicted octanol–water partition coefficient (Wildman–Crippen LogP) is 3.07. The Balaban J connectivity index is 2.11. The lowest BCUT2D eigenvalue weighted by Crippen LogP contribution is -2.13. The number of carbonyl (C=O) groups is 1. The first-order valence-corrected chi connectivity index (χ1v) is 5.34. The fourth-order valence-corrected chi connectivity index (χ4v) is 1.85. The number of hydrogen-bond acceptors (Lipinski definition) is 2. The smallest absolute Gasteiger partial charge is 0.306 e. The molecule has 0 saturated heterocycles. The van der Waals surface area contributed by atoms with E-state index in [1.807, 2.05) is 6.92 Å². The lowest BCUT2D eigenvalue weighted by molar-refractivity contribution is -0.141. The summed E-state index contributed by atoms with van der Waals surface area (Å²) in [5.41, 5.74) is 0. The van der Waals surface area contributed by atoms with E-state index in [9.17, 15) is 4.79 Å². The van der Waals surface area contributed by atoms with Gasteiger partial charge in [-0.1, -0.05) is 26.2 Å². The Kier molecular flexibility index (Phi) is 4.87. The summed E-state index contributed by atoms with van der Waals surface area (Å²) in [6.45, 7) is 3.55. The first kappa shape index (κ1) is 10.6. The minimum Gasteiger partial charge on any atom is -0.458 e. The molecule has 0 aromatic heterocycles. The van der Waals surface area contributed by atoms with Gasteiger partial charge in [-0.05, 0) is 25.2 Å². The van der Waals surface area contributed by atoms with Gasteiger partial charge >= 0.3 is 5.97 Å². The molecular formula is C11H19O2. The molecule has 1 rings (SSSR count). The SMILES string of the molecule is CC[CH]OC(=O)CC1CCCCC1. The van der Waals surface area contributed by atoms with Crippen LogP contribution in [0.25, 0.3) is 0 Å². The molecule has 0 atom stereocenters. The molecule has 1 radical (unpaired) electrons. The van der Waals surface area contributed by atoms with Crippen molar-refractivity contribution >= 4 is 5.97 Å². The summed E-state index contributed by atoms with van der Waals surface area (Å²) in [5.74, 6) is 0.542. The van der Waals surface area contributed by atoms with Crippen LogP contribution >= 0.6 is 0 Å². The van der Waals surface area contributed by atoms with Gasteiger partial charge in [0.2, 0.25) is 0 Å². The summed E-state index contributed by atoms with van der Waals surface area (Å²) in [4.78, 5) is 11.2. The Hall–Kier alpha value is -0.530. The predicted molar refractivity (Wildman–Crippen MR) is 51.9 cm³/mol. The Morgan fingerprint density at radius 3 is 2.69 bits per heavy atom. The van der Waals surface area contributed by atoms with Crippen molar-refractivity contribution in [2.75, 3.05) is 0 Å². The van der Waals surface area contributed by atoms with Crippen LogP contribution in [0.4, 0.5) is 0 Å². The molecule has 0 spiro atoms. The molecule has 1 fully saturated rings. The summed E-state index contributed by atoms with van der Waals surface area (Å²) in [6.07, 6.45) is 7.76. The van der Waals surface area contributed by atoms with Crippen LogP contribution in [-0.2, 0) is 9.53 Å². The van der Waals surface area contributed by atoms with Crippen LogP contribution in [0.1, 0.15) is 51.9 Å². The average Bonchev–Trinajstić information content (AvgIpc) is 2.16. The van der Waals surface area contributed by atoms with Gasteiger partial charge in [-0.25, -0.2) is 0 Å². The maximum absolute atomic E-state index is 11.2. The second kappa shape index (κ2) is 6.01. The van der Waals surface area contributed by atoms with E-state index in [1.165, 1.54) is 32.1 Å². The quantitative estimate of drug-likeness (QED) is 0.626. The van der Waals surface area contributed by atoms with Gasteiger partial charge < -0.3 is 4.74 Å². The molecule has 0 N–H and O–H groups in total. The molecule has 0 aromatic carbocycles. The lowest BCUT2D eigenvalue weighted by Gasteiger charge is -2.20. The minimum absolute atomic E-state index is 0.0475. The summed E-state index contributed by atoms with van der Waals surface area (Å²) in [7, 11) is 0. The topological polar surface area (TPSA) is 26.3 Å². The van der Waals surface area contributed by atoms with Crippen LogP contribution in [0.15, 0.2) is 0 Å². The highest BCUT2D eigenvalue weighted by Crippen LogP contribution is 2.26. The van der Waals surface area contributed by atoms with Crippen LogP contribution in [0.5, 0.6) is 0 Å². The third kappa shape index (κ3) is 4.30. The highest BCUT2D eigenvalue weighted by atomic mass is 16.5. The zero-order valence-electron chi connectivity index (χ0n) is 8.42.